The number of rotatable bonds is 10. The molecule has 21 heavy (non-hydrogen) atoms. The Kier molecular flexibility index (Phi) is 8.28. The highest BCUT2D eigenvalue weighted by Crippen LogP contribution is 2.20. The molecular weight excluding hydrogens is 260 g/mol. The summed E-state index contributed by atoms with van der Waals surface area (Å²) in [5.74, 6) is 1.31. The van der Waals surface area contributed by atoms with Gasteiger partial charge < -0.3 is 10.2 Å². The second-order valence-corrected chi connectivity index (χ2v) is 6.02. The first-order valence-electron chi connectivity index (χ1n) is 8.37. The fraction of sp³-hybridized carbons (Fsp3) is 0.765. The van der Waals surface area contributed by atoms with Crippen LogP contribution in [0.1, 0.15) is 70.8 Å². The van der Waals surface area contributed by atoms with Gasteiger partial charge >= 0.3 is 0 Å². The molecule has 1 aromatic heterocycles. The largest absolute Gasteiger partial charge is 0.372 e. The molecule has 4 nitrogen and oxygen atoms in total. The van der Waals surface area contributed by atoms with Crippen molar-refractivity contribution >= 4 is 5.69 Å². The number of unbranched alkanes of at least 4 members (excludes halogenated alkanes) is 2. The fourth-order valence-electron chi connectivity index (χ4n) is 2.26. The zero-order valence-corrected chi connectivity index (χ0v) is 14.4. The molecule has 0 saturated heterocycles. The van der Waals surface area contributed by atoms with Crippen LogP contribution in [0.25, 0.3) is 0 Å². The molecule has 1 N–H and O–H groups in total. The molecular formula is C17H32N4. The Balaban J connectivity index is 2.83. The number of hydrogen-bond acceptors (Lipinski definition) is 4. The highest BCUT2D eigenvalue weighted by Gasteiger charge is 2.12. The van der Waals surface area contributed by atoms with E-state index in [1.807, 2.05) is 6.20 Å². The summed E-state index contributed by atoms with van der Waals surface area (Å²) < 4.78 is 0. The Morgan fingerprint density at radius 2 is 1.95 bits per heavy atom. The van der Waals surface area contributed by atoms with E-state index in [0.717, 1.165) is 37.6 Å². The van der Waals surface area contributed by atoms with Gasteiger partial charge in [0.2, 0.25) is 0 Å². The van der Waals surface area contributed by atoms with Crippen LogP contribution in [0.15, 0.2) is 6.20 Å². The van der Waals surface area contributed by atoms with Crippen molar-refractivity contribution in [1.29, 1.82) is 0 Å². The van der Waals surface area contributed by atoms with Crippen molar-refractivity contribution in [3.8, 4) is 0 Å². The van der Waals surface area contributed by atoms with Gasteiger partial charge in [0.1, 0.15) is 5.82 Å². The summed E-state index contributed by atoms with van der Waals surface area (Å²) in [6.07, 6.45) is 6.89. The summed E-state index contributed by atoms with van der Waals surface area (Å²) in [6, 6.07) is 0. The average Bonchev–Trinajstić information content (AvgIpc) is 2.47. The molecule has 0 atom stereocenters. The van der Waals surface area contributed by atoms with Crippen LogP contribution in [-0.4, -0.2) is 30.1 Å². The molecule has 0 amide bonds. The minimum absolute atomic E-state index is 0.370. The normalized spacial score (nSPS) is 11.1. The van der Waals surface area contributed by atoms with E-state index in [0.29, 0.717) is 5.92 Å². The predicted octanol–water partition coefficient (Wildman–Crippen LogP) is 3.73. The van der Waals surface area contributed by atoms with Crippen molar-refractivity contribution in [1.82, 2.24) is 15.3 Å². The monoisotopic (exact) mass is 292 g/mol. The molecule has 0 aliphatic heterocycles. The van der Waals surface area contributed by atoms with Gasteiger partial charge in [0.15, 0.2) is 0 Å². The van der Waals surface area contributed by atoms with E-state index in [-0.39, 0.29) is 0 Å². The van der Waals surface area contributed by atoms with Crippen molar-refractivity contribution in [2.75, 3.05) is 25.0 Å². The van der Waals surface area contributed by atoms with Gasteiger partial charge in [-0.2, -0.15) is 0 Å². The first-order chi connectivity index (χ1) is 10.1. The van der Waals surface area contributed by atoms with Gasteiger partial charge in [0.05, 0.1) is 17.6 Å². The van der Waals surface area contributed by atoms with Crippen LogP contribution >= 0.6 is 0 Å². The van der Waals surface area contributed by atoms with E-state index < -0.39 is 0 Å². The lowest BCUT2D eigenvalue weighted by atomic mass is 10.2. The second-order valence-electron chi connectivity index (χ2n) is 6.02. The van der Waals surface area contributed by atoms with Crippen molar-refractivity contribution in [2.45, 2.75) is 65.8 Å². The number of aromatic nitrogens is 2. The van der Waals surface area contributed by atoms with Crippen molar-refractivity contribution in [3.63, 3.8) is 0 Å². The molecule has 1 aromatic rings. The minimum Gasteiger partial charge on any atom is -0.372 e. The molecule has 1 heterocycles. The van der Waals surface area contributed by atoms with Crippen LogP contribution in [0, 0.1) is 0 Å². The third-order valence-electron chi connectivity index (χ3n) is 3.61. The van der Waals surface area contributed by atoms with E-state index in [1.165, 1.54) is 24.9 Å². The maximum atomic E-state index is 4.78. The molecule has 1 rings (SSSR count). The Bertz CT molecular complexity index is 404. The maximum absolute atomic E-state index is 4.78. The SMILES string of the molecule is CCCCCN(C)c1cnc(C(C)C)nc1CNCCC. The Hall–Kier alpha value is -1.16. The highest BCUT2D eigenvalue weighted by atomic mass is 15.1. The van der Waals surface area contributed by atoms with E-state index in [1.54, 1.807) is 0 Å². The highest BCUT2D eigenvalue weighted by molar-refractivity contribution is 5.48. The number of nitrogens with one attached hydrogen (secondary N) is 1. The third kappa shape index (κ3) is 6.00. The summed E-state index contributed by atoms with van der Waals surface area (Å²) in [5.41, 5.74) is 2.29. The lowest BCUT2D eigenvalue weighted by Gasteiger charge is -2.22. The van der Waals surface area contributed by atoms with Gasteiger partial charge in [-0.15, -0.1) is 0 Å². The molecule has 4 heteroatoms. The minimum atomic E-state index is 0.370. The van der Waals surface area contributed by atoms with E-state index >= 15 is 0 Å². The van der Waals surface area contributed by atoms with Crippen LogP contribution in [0.3, 0.4) is 0 Å². The van der Waals surface area contributed by atoms with Crippen LogP contribution < -0.4 is 10.2 Å². The molecule has 0 aliphatic rings. The summed E-state index contributed by atoms with van der Waals surface area (Å²) in [5, 5.41) is 3.46. The average molecular weight is 292 g/mol. The summed E-state index contributed by atoms with van der Waals surface area (Å²) >= 11 is 0. The van der Waals surface area contributed by atoms with E-state index in [4.69, 9.17) is 4.98 Å². The van der Waals surface area contributed by atoms with Gasteiger partial charge in [-0.25, -0.2) is 9.97 Å². The fourth-order valence-corrected chi connectivity index (χ4v) is 2.26. The van der Waals surface area contributed by atoms with Crippen LogP contribution in [0.5, 0.6) is 0 Å². The topological polar surface area (TPSA) is 41.1 Å². The second kappa shape index (κ2) is 9.72. The summed E-state index contributed by atoms with van der Waals surface area (Å²) in [7, 11) is 2.15. The molecule has 0 unspecified atom stereocenters. The number of nitrogens with zero attached hydrogens (tertiary/aromatic N) is 3. The van der Waals surface area contributed by atoms with Crippen molar-refractivity contribution in [3.05, 3.63) is 17.7 Å². The van der Waals surface area contributed by atoms with Gasteiger partial charge in [-0.1, -0.05) is 40.5 Å². The van der Waals surface area contributed by atoms with Gasteiger partial charge in [0.25, 0.3) is 0 Å². The first kappa shape index (κ1) is 17.9. The summed E-state index contributed by atoms with van der Waals surface area (Å²) in [6.45, 7) is 11.6. The van der Waals surface area contributed by atoms with E-state index in [9.17, 15) is 0 Å². The molecule has 0 aliphatic carbocycles. The predicted molar refractivity (Wildman–Crippen MR) is 90.9 cm³/mol. The Labute approximate surface area is 130 Å². The van der Waals surface area contributed by atoms with Gasteiger partial charge in [0, 0.05) is 26.1 Å². The van der Waals surface area contributed by atoms with Crippen LogP contribution in [0.2, 0.25) is 0 Å². The Morgan fingerprint density at radius 3 is 2.57 bits per heavy atom. The number of anilines is 1. The van der Waals surface area contributed by atoms with Crippen LogP contribution in [-0.2, 0) is 6.54 Å². The Morgan fingerprint density at radius 1 is 1.19 bits per heavy atom. The molecule has 0 radical (unpaired) electrons. The standard InChI is InChI=1S/C17H32N4/c1-6-8-9-11-21(5)16-13-19-17(14(3)4)20-15(16)12-18-10-7-2/h13-14,18H,6-12H2,1-5H3. The van der Waals surface area contributed by atoms with Gasteiger partial charge in [-0.3, -0.25) is 0 Å². The summed E-state index contributed by atoms with van der Waals surface area (Å²) in [4.78, 5) is 11.6. The zero-order valence-electron chi connectivity index (χ0n) is 14.4. The molecule has 0 bridgehead atoms. The smallest absolute Gasteiger partial charge is 0.131 e. The molecule has 0 aromatic carbocycles. The zero-order chi connectivity index (χ0) is 15.7. The molecule has 0 saturated carbocycles. The maximum Gasteiger partial charge on any atom is 0.131 e. The van der Waals surface area contributed by atoms with Crippen molar-refractivity contribution in [2.24, 2.45) is 0 Å². The molecule has 0 spiro atoms. The lowest BCUT2D eigenvalue weighted by Crippen LogP contribution is -2.24. The van der Waals surface area contributed by atoms with Crippen molar-refractivity contribution < 1.29 is 0 Å². The lowest BCUT2D eigenvalue weighted by molar-refractivity contribution is 0.645. The van der Waals surface area contributed by atoms with Crippen LogP contribution in [0.4, 0.5) is 5.69 Å². The third-order valence-corrected chi connectivity index (χ3v) is 3.61. The quantitative estimate of drug-likeness (QED) is 0.667. The first-order valence-corrected chi connectivity index (χ1v) is 8.37. The van der Waals surface area contributed by atoms with E-state index in [2.05, 4.69) is 49.9 Å². The molecule has 0 fully saturated rings. The molecule has 120 valence electrons. The van der Waals surface area contributed by atoms with Gasteiger partial charge in [-0.05, 0) is 19.4 Å². The number of hydrogen-bond donors (Lipinski definition) is 1.